The molecule has 0 aliphatic rings. The number of benzene rings is 2. The first kappa shape index (κ1) is 24.6. The minimum Gasteiger partial charge on any atom is -0.341 e. The maximum atomic E-state index is 12.7. The number of hydrogen-bond acceptors (Lipinski definition) is 3. The molecule has 2 rings (SSSR count). The van der Waals surface area contributed by atoms with E-state index in [0.717, 1.165) is 5.56 Å². The summed E-state index contributed by atoms with van der Waals surface area (Å²) in [6.45, 7) is 2.59. The van der Waals surface area contributed by atoms with E-state index in [-0.39, 0.29) is 13.1 Å². The van der Waals surface area contributed by atoms with Crippen LogP contribution in [0, 0.1) is 0 Å². The van der Waals surface area contributed by atoms with Gasteiger partial charge in [-0.1, -0.05) is 42.5 Å². The molecule has 2 N–H and O–H groups in total. The molecule has 0 saturated carbocycles. The Morgan fingerprint density at radius 2 is 1.75 bits per heavy atom. The Morgan fingerprint density at radius 3 is 2.38 bits per heavy atom. The normalized spacial score (nSPS) is 12.3. The molecule has 2 aromatic rings. The van der Waals surface area contributed by atoms with Crippen molar-refractivity contribution in [3.63, 3.8) is 0 Å². The van der Waals surface area contributed by atoms with Crippen molar-refractivity contribution in [3.05, 3.63) is 71.8 Å². The van der Waals surface area contributed by atoms with Gasteiger partial charge in [-0.15, -0.1) is 0 Å². The first-order chi connectivity index (χ1) is 15.1. The van der Waals surface area contributed by atoms with Crippen LogP contribution in [0.15, 0.2) is 60.7 Å². The van der Waals surface area contributed by atoms with Gasteiger partial charge in [0.15, 0.2) is 0 Å². The summed E-state index contributed by atoms with van der Waals surface area (Å²) in [5.41, 5.74) is 1.59. The quantitative estimate of drug-likeness (QED) is 0.605. The fourth-order valence-corrected chi connectivity index (χ4v) is 2.79. The van der Waals surface area contributed by atoms with E-state index in [0.29, 0.717) is 16.2 Å². The zero-order chi connectivity index (χ0) is 23.7. The Morgan fingerprint density at radius 1 is 1.06 bits per heavy atom. The van der Waals surface area contributed by atoms with Gasteiger partial charge < -0.3 is 15.5 Å². The number of alkyl halides is 3. The lowest BCUT2D eigenvalue weighted by Gasteiger charge is -2.22. The highest BCUT2D eigenvalue weighted by Crippen LogP contribution is 2.21. The smallest absolute Gasteiger partial charge is 0.341 e. The maximum Gasteiger partial charge on any atom is 0.471 e. The van der Waals surface area contributed by atoms with E-state index in [1.54, 1.807) is 24.3 Å². The zero-order valence-electron chi connectivity index (χ0n) is 17.6. The molecule has 3 amide bonds. The zero-order valence-corrected chi connectivity index (χ0v) is 17.6. The van der Waals surface area contributed by atoms with Crippen molar-refractivity contribution in [1.82, 2.24) is 10.2 Å². The predicted octanol–water partition coefficient (Wildman–Crippen LogP) is 3.75. The number of hydrogen-bond donors (Lipinski definition) is 2. The molecule has 0 bridgehead atoms. The van der Waals surface area contributed by atoms with E-state index < -0.39 is 29.9 Å². The van der Waals surface area contributed by atoms with Crippen LogP contribution < -0.4 is 10.6 Å². The van der Waals surface area contributed by atoms with E-state index in [2.05, 4.69) is 10.6 Å². The van der Waals surface area contributed by atoms with Crippen LogP contribution in [0.4, 0.5) is 18.9 Å². The van der Waals surface area contributed by atoms with Crippen LogP contribution in [-0.2, 0) is 20.9 Å². The third-order valence-corrected chi connectivity index (χ3v) is 4.46. The molecular formula is C23H24F3N3O3. The average Bonchev–Trinajstić information content (AvgIpc) is 2.76. The number of nitrogens with zero attached hydrogens (tertiary/aromatic N) is 1. The van der Waals surface area contributed by atoms with E-state index >= 15 is 0 Å². The molecule has 0 radical (unpaired) electrons. The molecule has 170 valence electrons. The van der Waals surface area contributed by atoms with Crippen molar-refractivity contribution < 1.29 is 27.6 Å². The van der Waals surface area contributed by atoms with Gasteiger partial charge in [-0.2, -0.15) is 13.2 Å². The molecule has 1 atom stereocenters. The number of anilines is 1. The van der Waals surface area contributed by atoms with Gasteiger partial charge in [0.2, 0.25) is 11.8 Å². The lowest BCUT2D eigenvalue weighted by molar-refractivity contribution is -0.185. The first-order valence-corrected chi connectivity index (χ1v) is 9.89. The van der Waals surface area contributed by atoms with Gasteiger partial charge in [0.05, 0.1) is 0 Å². The summed E-state index contributed by atoms with van der Waals surface area (Å²) in [4.78, 5) is 36.6. The van der Waals surface area contributed by atoms with Crippen LogP contribution in [0.2, 0.25) is 0 Å². The molecule has 2 aromatic carbocycles. The molecular weight excluding hydrogens is 423 g/mol. The molecule has 0 aliphatic heterocycles. The summed E-state index contributed by atoms with van der Waals surface area (Å²) in [6, 6.07) is 14.5. The van der Waals surface area contributed by atoms with E-state index in [1.165, 1.54) is 26.0 Å². The highest BCUT2D eigenvalue weighted by molar-refractivity contribution is 5.99. The van der Waals surface area contributed by atoms with Crippen molar-refractivity contribution in [3.8, 4) is 0 Å². The van der Waals surface area contributed by atoms with Gasteiger partial charge in [-0.25, -0.2) is 0 Å². The summed E-state index contributed by atoms with van der Waals surface area (Å²) in [5.74, 6) is -2.87. The Kier molecular flexibility index (Phi) is 8.57. The standard InChI is InChI=1S/C23H24F3N3O3/c1-3-29(22(32)23(24,25)26)15-18-10-7-11-19(14-18)28-21(31)16(2)27-20(30)13-12-17-8-5-4-6-9-17/h4-14,16H,3,15H2,1-2H3,(H,27,30)(H,28,31)/b13-12+. The second-order valence-corrected chi connectivity index (χ2v) is 6.98. The summed E-state index contributed by atoms with van der Waals surface area (Å²) in [5, 5.41) is 5.15. The second-order valence-electron chi connectivity index (χ2n) is 6.98. The Balaban J connectivity index is 1.95. The van der Waals surface area contributed by atoms with Crippen LogP contribution in [-0.4, -0.2) is 41.4 Å². The molecule has 0 aromatic heterocycles. The lowest BCUT2D eigenvalue weighted by Crippen LogP contribution is -2.41. The minimum atomic E-state index is -4.95. The summed E-state index contributed by atoms with van der Waals surface area (Å²) in [6.07, 6.45) is -2.02. The Labute approximate surface area is 184 Å². The minimum absolute atomic E-state index is 0.117. The van der Waals surface area contributed by atoms with Gasteiger partial charge in [-0.3, -0.25) is 14.4 Å². The molecule has 6 nitrogen and oxygen atoms in total. The molecule has 0 aliphatic carbocycles. The predicted molar refractivity (Wildman–Crippen MR) is 115 cm³/mol. The summed E-state index contributed by atoms with van der Waals surface area (Å²) < 4.78 is 38.1. The first-order valence-electron chi connectivity index (χ1n) is 9.89. The van der Waals surface area contributed by atoms with Gasteiger partial charge in [0.25, 0.3) is 0 Å². The molecule has 0 spiro atoms. The maximum absolute atomic E-state index is 12.7. The van der Waals surface area contributed by atoms with Crippen LogP contribution in [0.3, 0.4) is 0 Å². The van der Waals surface area contributed by atoms with Crippen molar-refractivity contribution in [2.24, 2.45) is 0 Å². The third-order valence-electron chi connectivity index (χ3n) is 4.46. The van der Waals surface area contributed by atoms with Crippen molar-refractivity contribution in [1.29, 1.82) is 0 Å². The second kappa shape index (κ2) is 11.1. The fourth-order valence-electron chi connectivity index (χ4n) is 2.79. The molecule has 9 heteroatoms. The number of nitrogens with one attached hydrogen (secondary N) is 2. The van der Waals surface area contributed by atoms with E-state index in [9.17, 15) is 27.6 Å². The van der Waals surface area contributed by atoms with Crippen LogP contribution in [0.1, 0.15) is 25.0 Å². The van der Waals surface area contributed by atoms with Gasteiger partial charge >= 0.3 is 12.1 Å². The highest BCUT2D eigenvalue weighted by atomic mass is 19.4. The third kappa shape index (κ3) is 7.57. The van der Waals surface area contributed by atoms with E-state index in [1.807, 2.05) is 30.3 Å². The number of rotatable bonds is 8. The molecule has 1 unspecified atom stereocenters. The van der Waals surface area contributed by atoms with Gasteiger partial charge in [-0.05, 0) is 43.2 Å². The Bertz CT molecular complexity index is 975. The summed E-state index contributed by atoms with van der Waals surface area (Å²) >= 11 is 0. The largest absolute Gasteiger partial charge is 0.471 e. The lowest BCUT2D eigenvalue weighted by atomic mass is 10.1. The monoisotopic (exact) mass is 447 g/mol. The van der Waals surface area contributed by atoms with Crippen molar-refractivity contribution >= 4 is 29.5 Å². The van der Waals surface area contributed by atoms with Crippen molar-refractivity contribution in [2.45, 2.75) is 32.6 Å². The summed E-state index contributed by atoms with van der Waals surface area (Å²) in [7, 11) is 0. The van der Waals surface area contributed by atoms with Crippen LogP contribution in [0.25, 0.3) is 6.08 Å². The molecule has 0 saturated heterocycles. The SMILES string of the molecule is CCN(Cc1cccc(NC(=O)C(C)NC(=O)/C=C/c2ccccc2)c1)C(=O)C(F)(F)F. The molecule has 0 heterocycles. The van der Waals surface area contributed by atoms with Crippen LogP contribution >= 0.6 is 0 Å². The average molecular weight is 447 g/mol. The van der Waals surface area contributed by atoms with Crippen molar-refractivity contribution in [2.75, 3.05) is 11.9 Å². The molecule has 0 fully saturated rings. The highest BCUT2D eigenvalue weighted by Gasteiger charge is 2.41. The number of carbonyl (C=O) groups is 3. The number of carbonyl (C=O) groups excluding carboxylic acids is 3. The number of halogens is 3. The van der Waals surface area contributed by atoms with Crippen LogP contribution in [0.5, 0.6) is 0 Å². The van der Waals surface area contributed by atoms with Gasteiger partial charge in [0, 0.05) is 24.9 Å². The Hall–Kier alpha value is -3.62. The number of amides is 3. The molecule has 32 heavy (non-hydrogen) atoms. The fraction of sp³-hybridized carbons (Fsp3) is 0.261. The van der Waals surface area contributed by atoms with E-state index in [4.69, 9.17) is 0 Å². The van der Waals surface area contributed by atoms with Gasteiger partial charge in [0.1, 0.15) is 6.04 Å². The topological polar surface area (TPSA) is 78.5 Å².